The maximum absolute atomic E-state index is 12.9. The summed E-state index contributed by atoms with van der Waals surface area (Å²) in [6, 6.07) is 17.8. The predicted molar refractivity (Wildman–Crippen MR) is 120 cm³/mol. The van der Waals surface area contributed by atoms with Gasteiger partial charge in [0.1, 0.15) is 22.9 Å². The molecule has 3 rings (SSSR count). The van der Waals surface area contributed by atoms with E-state index >= 15 is 0 Å². The van der Waals surface area contributed by atoms with E-state index in [0.717, 1.165) is 4.90 Å². The standard InChI is InChI=1S/C23H21FN2O4S/c1-29-19-4-3-5-20(30-2)22(19)23(28)26-17-10-12-18(13-11-17)31-14-21(27)25-16-8-6-15(24)7-9-16/h3-13H,14H2,1-2H3,(H,25,27)(H,26,28). The number of hydrogen-bond acceptors (Lipinski definition) is 5. The molecule has 0 fully saturated rings. The van der Waals surface area contributed by atoms with Crippen molar-refractivity contribution in [1.82, 2.24) is 0 Å². The monoisotopic (exact) mass is 440 g/mol. The molecule has 0 spiro atoms. The lowest BCUT2D eigenvalue weighted by Gasteiger charge is -2.13. The summed E-state index contributed by atoms with van der Waals surface area (Å²) in [5.41, 5.74) is 1.44. The van der Waals surface area contributed by atoms with Crippen molar-refractivity contribution in [2.24, 2.45) is 0 Å². The van der Waals surface area contributed by atoms with Crippen LogP contribution >= 0.6 is 11.8 Å². The molecule has 0 aliphatic rings. The quantitative estimate of drug-likeness (QED) is 0.491. The van der Waals surface area contributed by atoms with E-state index in [9.17, 15) is 14.0 Å². The molecule has 0 unspecified atom stereocenters. The van der Waals surface area contributed by atoms with E-state index in [1.54, 1.807) is 30.3 Å². The van der Waals surface area contributed by atoms with Gasteiger partial charge in [0.05, 0.1) is 20.0 Å². The molecule has 160 valence electrons. The molecule has 2 N–H and O–H groups in total. The summed E-state index contributed by atoms with van der Waals surface area (Å²) in [5.74, 6) is 0.114. The highest BCUT2D eigenvalue weighted by Gasteiger charge is 2.18. The number of thioether (sulfide) groups is 1. The van der Waals surface area contributed by atoms with Crippen LogP contribution in [0.3, 0.4) is 0 Å². The molecule has 3 aromatic carbocycles. The van der Waals surface area contributed by atoms with Gasteiger partial charge in [0.15, 0.2) is 0 Å². The first-order valence-electron chi connectivity index (χ1n) is 9.31. The Morgan fingerprint density at radius 2 is 1.39 bits per heavy atom. The van der Waals surface area contributed by atoms with Crippen LogP contribution in [0.4, 0.5) is 15.8 Å². The summed E-state index contributed by atoms with van der Waals surface area (Å²) in [5, 5.41) is 5.53. The summed E-state index contributed by atoms with van der Waals surface area (Å²) in [4.78, 5) is 25.6. The number of rotatable bonds is 8. The fourth-order valence-electron chi connectivity index (χ4n) is 2.78. The van der Waals surface area contributed by atoms with Gasteiger partial charge in [0, 0.05) is 16.3 Å². The molecule has 0 saturated carbocycles. The van der Waals surface area contributed by atoms with Gasteiger partial charge in [-0.2, -0.15) is 0 Å². The van der Waals surface area contributed by atoms with Crippen LogP contribution in [-0.2, 0) is 4.79 Å². The Morgan fingerprint density at radius 3 is 1.97 bits per heavy atom. The molecule has 2 amide bonds. The molecule has 0 aromatic heterocycles. The molecule has 0 bridgehead atoms. The maximum atomic E-state index is 12.9. The summed E-state index contributed by atoms with van der Waals surface area (Å²) < 4.78 is 23.5. The van der Waals surface area contributed by atoms with Crippen molar-refractivity contribution < 1.29 is 23.5 Å². The molecule has 6 nitrogen and oxygen atoms in total. The van der Waals surface area contributed by atoms with Gasteiger partial charge in [0.25, 0.3) is 5.91 Å². The zero-order valence-corrected chi connectivity index (χ0v) is 17.8. The van der Waals surface area contributed by atoms with Gasteiger partial charge in [-0.3, -0.25) is 9.59 Å². The van der Waals surface area contributed by atoms with Crippen LogP contribution in [0.5, 0.6) is 11.5 Å². The van der Waals surface area contributed by atoms with E-state index in [1.165, 1.54) is 50.2 Å². The normalized spacial score (nSPS) is 10.3. The number of methoxy groups -OCH3 is 2. The molecule has 0 aliphatic heterocycles. The van der Waals surface area contributed by atoms with Crippen LogP contribution in [0.1, 0.15) is 10.4 Å². The number of halogens is 1. The first-order chi connectivity index (χ1) is 15.0. The van der Waals surface area contributed by atoms with Crippen LogP contribution in [0.25, 0.3) is 0 Å². The zero-order chi connectivity index (χ0) is 22.2. The largest absolute Gasteiger partial charge is 0.496 e. The average Bonchev–Trinajstić information content (AvgIpc) is 2.79. The van der Waals surface area contributed by atoms with Crippen molar-refractivity contribution >= 4 is 35.0 Å². The molecule has 3 aromatic rings. The number of anilines is 2. The van der Waals surface area contributed by atoms with Crippen molar-refractivity contribution in [3.63, 3.8) is 0 Å². The van der Waals surface area contributed by atoms with Gasteiger partial charge in [-0.05, 0) is 60.7 Å². The van der Waals surface area contributed by atoms with Crippen LogP contribution < -0.4 is 20.1 Å². The number of hydrogen-bond donors (Lipinski definition) is 2. The molecule has 0 heterocycles. The van der Waals surface area contributed by atoms with Crippen molar-refractivity contribution in [3.05, 3.63) is 78.1 Å². The second-order valence-corrected chi connectivity index (χ2v) is 7.41. The van der Waals surface area contributed by atoms with Crippen molar-refractivity contribution in [1.29, 1.82) is 0 Å². The fraction of sp³-hybridized carbons (Fsp3) is 0.130. The predicted octanol–water partition coefficient (Wildman–Crippen LogP) is 4.83. The molecule has 0 aliphatic carbocycles. The molecule has 8 heteroatoms. The average molecular weight is 440 g/mol. The third kappa shape index (κ3) is 5.99. The lowest BCUT2D eigenvalue weighted by Crippen LogP contribution is -2.14. The first kappa shape index (κ1) is 22.2. The number of benzene rings is 3. The third-order valence-corrected chi connectivity index (χ3v) is 5.28. The highest BCUT2D eigenvalue weighted by Crippen LogP contribution is 2.29. The van der Waals surface area contributed by atoms with Gasteiger partial charge in [-0.1, -0.05) is 6.07 Å². The lowest BCUT2D eigenvalue weighted by atomic mass is 10.1. The van der Waals surface area contributed by atoms with Crippen molar-refractivity contribution in [2.75, 3.05) is 30.6 Å². The minimum absolute atomic E-state index is 0.196. The van der Waals surface area contributed by atoms with E-state index < -0.39 is 0 Å². The van der Waals surface area contributed by atoms with Crippen LogP contribution in [0.2, 0.25) is 0 Å². The summed E-state index contributed by atoms with van der Waals surface area (Å²) in [6.45, 7) is 0. The van der Waals surface area contributed by atoms with Crippen LogP contribution in [-0.4, -0.2) is 31.8 Å². The molecule has 31 heavy (non-hydrogen) atoms. The SMILES string of the molecule is COc1cccc(OC)c1C(=O)Nc1ccc(SCC(=O)Nc2ccc(F)cc2)cc1. The molecule has 0 saturated heterocycles. The van der Waals surface area contributed by atoms with Gasteiger partial charge in [-0.25, -0.2) is 4.39 Å². The van der Waals surface area contributed by atoms with Crippen molar-refractivity contribution in [2.45, 2.75) is 4.90 Å². The summed E-state index contributed by atoms with van der Waals surface area (Å²) in [6.07, 6.45) is 0. The van der Waals surface area contributed by atoms with E-state index in [2.05, 4.69) is 10.6 Å². The van der Waals surface area contributed by atoms with Crippen LogP contribution in [0.15, 0.2) is 71.6 Å². The van der Waals surface area contributed by atoms with E-state index in [4.69, 9.17) is 9.47 Å². The second-order valence-electron chi connectivity index (χ2n) is 6.36. The zero-order valence-electron chi connectivity index (χ0n) is 17.0. The fourth-order valence-corrected chi connectivity index (χ4v) is 3.48. The van der Waals surface area contributed by atoms with Gasteiger partial charge >= 0.3 is 0 Å². The molecule has 0 atom stereocenters. The number of amides is 2. The van der Waals surface area contributed by atoms with Crippen LogP contribution in [0, 0.1) is 5.82 Å². The summed E-state index contributed by atoms with van der Waals surface area (Å²) in [7, 11) is 2.98. The third-order valence-electron chi connectivity index (χ3n) is 4.26. The van der Waals surface area contributed by atoms with E-state index in [-0.39, 0.29) is 23.4 Å². The Balaban J connectivity index is 1.57. The van der Waals surface area contributed by atoms with E-state index in [0.29, 0.717) is 28.4 Å². The Labute approximate surface area is 183 Å². The van der Waals surface area contributed by atoms with Gasteiger partial charge in [0.2, 0.25) is 5.91 Å². The second kappa shape index (κ2) is 10.5. The topological polar surface area (TPSA) is 76.7 Å². The molecular weight excluding hydrogens is 419 g/mol. The first-order valence-corrected chi connectivity index (χ1v) is 10.3. The molecule has 0 radical (unpaired) electrons. The lowest BCUT2D eigenvalue weighted by molar-refractivity contribution is -0.113. The van der Waals surface area contributed by atoms with Crippen molar-refractivity contribution in [3.8, 4) is 11.5 Å². The van der Waals surface area contributed by atoms with E-state index in [1.807, 2.05) is 12.1 Å². The minimum atomic E-state index is -0.358. The highest BCUT2D eigenvalue weighted by molar-refractivity contribution is 8.00. The Morgan fingerprint density at radius 1 is 0.839 bits per heavy atom. The Kier molecular flexibility index (Phi) is 7.50. The number of nitrogens with one attached hydrogen (secondary N) is 2. The summed E-state index contributed by atoms with van der Waals surface area (Å²) >= 11 is 1.35. The Bertz CT molecular complexity index is 1030. The number of ether oxygens (including phenoxy) is 2. The molecular formula is C23H21FN2O4S. The highest BCUT2D eigenvalue weighted by atomic mass is 32.2. The number of carbonyl (C=O) groups is 2. The maximum Gasteiger partial charge on any atom is 0.263 e. The van der Waals surface area contributed by atoms with Gasteiger partial charge in [-0.15, -0.1) is 11.8 Å². The minimum Gasteiger partial charge on any atom is -0.496 e. The van der Waals surface area contributed by atoms with Gasteiger partial charge < -0.3 is 20.1 Å². The Hall–Kier alpha value is -3.52. The number of carbonyl (C=O) groups excluding carboxylic acids is 2. The smallest absolute Gasteiger partial charge is 0.263 e.